The van der Waals surface area contributed by atoms with Crippen molar-refractivity contribution in [2.45, 2.75) is 139 Å². The summed E-state index contributed by atoms with van der Waals surface area (Å²) < 4.78 is 30.1. The van der Waals surface area contributed by atoms with Gasteiger partial charge in [0.1, 0.15) is 65.9 Å². The number of aliphatic hydroxyl groups excluding tert-OH is 7. The van der Waals surface area contributed by atoms with E-state index in [0.717, 1.165) is 49.7 Å². The van der Waals surface area contributed by atoms with E-state index in [4.69, 9.17) is 23.7 Å². The van der Waals surface area contributed by atoms with E-state index < -0.39 is 80.2 Å². The molecule has 5 rings (SSSR count). The highest BCUT2D eigenvalue weighted by molar-refractivity contribution is 5.54. The Morgan fingerprint density at radius 1 is 0.867 bits per heavy atom. The number of ether oxygens (including phenoxy) is 5. The predicted molar refractivity (Wildman–Crippen MR) is 161 cm³/mol. The Labute approximate surface area is 264 Å². The zero-order valence-electron chi connectivity index (χ0n) is 26.5. The van der Waals surface area contributed by atoms with Crippen LogP contribution in [0, 0.1) is 5.92 Å². The lowest BCUT2D eigenvalue weighted by Gasteiger charge is -2.48. The molecule has 2 fully saturated rings. The fourth-order valence-electron chi connectivity index (χ4n) is 7.16. The molecule has 1 aliphatic carbocycles. The Morgan fingerprint density at radius 2 is 1.56 bits per heavy atom. The minimum atomic E-state index is -1.74. The average Bonchev–Trinajstić information content (AvgIpc) is 3.00. The van der Waals surface area contributed by atoms with Crippen molar-refractivity contribution in [2.24, 2.45) is 5.92 Å². The summed E-state index contributed by atoms with van der Waals surface area (Å²) in [6.07, 6.45) is -7.18. The number of hydrogen-bond acceptors (Lipinski definition) is 12. The zero-order valence-corrected chi connectivity index (χ0v) is 26.5. The van der Waals surface area contributed by atoms with Gasteiger partial charge in [-0.1, -0.05) is 31.4 Å². The summed E-state index contributed by atoms with van der Waals surface area (Å²) in [5, 5.41) is 72.9. The maximum absolute atomic E-state index is 11.2. The fraction of sp³-hybridized carbons (Fsp3) is 0.758. The summed E-state index contributed by atoms with van der Waals surface area (Å²) in [4.78, 5) is 0. The molecular weight excluding hydrogens is 588 g/mol. The maximum atomic E-state index is 11.2. The van der Waals surface area contributed by atoms with Crippen molar-refractivity contribution >= 4 is 0 Å². The normalized spacial score (nSPS) is 39.3. The summed E-state index contributed by atoms with van der Waals surface area (Å²) in [5.74, 6) is 1.37. The lowest BCUT2D eigenvalue weighted by atomic mass is 9.68. The second kappa shape index (κ2) is 14.1. The van der Waals surface area contributed by atoms with Gasteiger partial charge in [-0.25, -0.2) is 0 Å². The number of rotatable bonds is 10. The largest absolute Gasteiger partial charge is 0.487 e. The van der Waals surface area contributed by atoms with Crippen LogP contribution in [0.2, 0.25) is 0 Å². The third-order valence-electron chi connectivity index (χ3n) is 9.78. The third kappa shape index (κ3) is 6.92. The second-order valence-corrected chi connectivity index (χ2v) is 13.5. The number of unbranched alkanes of at least 4 members (excludes halogenated alkanes) is 2. The zero-order chi connectivity index (χ0) is 32.6. The smallest absolute Gasteiger partial charge is 0.229 e. The van der Waals surface area contributed by atoms with Crippen LogP contribution in [-0.4, -0.2) is 116 Å². The Balaban J connectivity index is 1.43. The SMILES string of the molecule is CCCCCc1cc(OC2OC(CO)C(OC3OC(CO)C(O)C(O)C3O)C(O)C2O)c2c(c1)OC(C)(C)C1CCC(C)=CC21. The van der Waals surface area contributed by atoms with Crippen LogP contribution in [0.15, 0.2) is 23.8 Å². The number of benzene rings is 1. The van der Waals surface area contributed by atoms with Gasteiger partial charge in [0.05, 0.1) is 13.2 Å². The lowest BCUT2D eigenvalue weighted by Crippen LogP contribution is -2.65. The molecule has 7 N–H and O–H groups in total. The topological polar surface area (TPSA) is 188 Å². The summed E-state index contributed by atoms with van der Waals surface area (Å²) in [6, 6.07) is 4.01. The van der Waals surface area contributed by atoms with Gasteiger partial charge >= 0.3 is 0 Å². The van der Waals surface area contributed by atoms with Crippen LogP contribution in [0.5, 0.6) is 11.5 Å². The standard InChI is InChI=1S/C33H50O12/c1-5-6-7-8-17-12-20(24-18-11-16(2)9-10-19(18)33(3,4)45-21(24)13-17)41-31-29(40)27(38)30(23(15-35)43-31)44-32-28(39)26(37)25(36)22(14-34)42-32/h11-13,18-19,22-23,25-32,34-40H,5-10,14-15H2,1-4H3. The van der Waals surface area contributed by atoms with Gasteiger partial charge in [0.15, 0.2) is 6.29 Å². The van der Waals surface area contributed by atoms with Crippen molar-refractivity contribution in [3.63, 3.8) is 0 Å². The molecule has 12 heteroatoms. The first-order valence-corrected chi connectivity index (χ1v) is 16.2. The Bertz CT molecular complexity index is 1180. The number of fused-ring (bicyclic) bond motifs is 3. The highest BCUT2D eigenvalue weighted by Crippen LogP contribution is 2.54. The summed E-state index contributed by atoms with van der Waals surface area (Å²) in [5.41, 5.74) is 2.72. The molecule has 4 aliphatic rings. The first-order chi connectivity index (χ1) is 21.4. The van der Waals surface area contributed by atoms with Gasteiger partial charge in [-0.15, -0.1) is 0 Å². The second-order valence-electron chi connectivity index (χ2n) is 13.5. The summed E-state index contributed by atoms with van der Waals surface area (Å²) in [7, 11) is 0. The van der Waals surface area contributed by atoms with E-state index >= 15 is 0 Å². The van der Waals surface area contributed by atoms with Crippen LogP contribution in [0.25, 0.3) is 0 Å². The molecule has 1 aromatic carbocycles. The van der Waals surface area contributed by atoms with Crippen molar-refractivity contribution in [1.29, 1.82) is 0 Å². The van der Waals surface area contributed by atoms with Crippen LogP contribution >= 0.6 is 0 Å². The van der Waals surface area contributed by atoms with Crippen molar-refractivity contribution < 1.29 is 59.4 Å². The van der Waals surface area contributed by atoms with Crippen LogP contribution in [-0.2, 0) is 20.6 Å². The number of allylic oxidation sites excluding steroid dienone is 2. The molecular formula is C33H50O12. The molecule has 1 aromatic rings. The van der Waals surface area contributed by atoms with Crippen molar-refractivity contribution in [3.05, 3.63) is 34.9 Å². The number of hydrogen-bond donors (Lipinski definition) is 7. The Hall–Kier alpha value is -1.84. The Morgan fingerprint density at radius 3 is 2.24 bits per heavy atom. The van der Waals surface area contributed by atoms with E-state index in [2.05, 4.69) is 39.8 Å². The van der Waals surface area contributed by atoms with E-state index in [1.807, 2.05) is 6.07 Å². The van der Waals surface area contributed by atoms with Gasteiger partial charge in [0.2, 0.25) is 6.29 Å². The number of aliphatic hydroxyl groups is 7. The molecule has 0 radical (unpaired) electrons. The molecule has 12 unspecified atom stereocenters. The average molecular weight is 639 g/mol. The molecule has 0 amide bonds. The van der Waals surface area contributed by atoms with Gasteiger partial charge in [-0.2, -0.15) is 0 Å². The first kappa shape index (κ1) is 34.5. The molecule has 0 spiro atoms. The highest BCUT2D eigenvalue weighted by atomic mass is 16.7. The maximum Gasteiger partial charge on any atom is 0.229 e. The van der Waals surface area contributed by atoms with Gasteiger partial charge in [0, 0.05) is 17.4 Å². The molecule has 2 saturated heterocycles. The molecule has 0 saturated carbocycles. The minimum absolute atomic E-state index is 0.00115. The first-order valence-electron chi connectivity index (χ1n) is 16.2. The molecule has 12 atom stereocenters. The van der Waals surface area contributed by atoms with E-state index in [9.17, 15) is 35.7 Å². The minimum Gasteiger partial charge on any atom is -0.487 e. The molecule has 45 heavy (non-hydrogen) atoms. The number of aryl methyl sites for hydroxylation is 1. The molecule has 12 nitrogen and oxygen atoms in total. The van der Waals surface area contributed by atoms with E-state index in [1.54, 1.807) is 0 Å². The predicted octanol–water partition coefficient (Wildman–Crippen LogP) is 1.03. The molecule has 254 valence electrons. The van der Waals surface area contributed by atoms with Crippen molar-refractivity contribution in [1.82, 2.24) is 0 Å². The van der Waals surface area contributed by atoms with Gasteiger partial charge in [-0.05, 0) is 64.2 Å². The molecule has 0 bridgehead atoms. The molecule has 3 heterocycles. The fourth-order valence-corrected chi connectivity index (χ4v) is 7.16. The third-order valence-corrected chi connectivity index (χ3v) is 9.78. The van der Waals surface area contributed by atoms with Crippen LogP contribution in [0.3, 0.4) is 0 Å². The van der Waals surface area contributed by atoms with Gasteiger partial charge in [-0.3, -0.25) is 0 Å². The van der Waals surface area contributed by atoms with E-state index in [0.29, 0.717) is 11.5 Å². The van der Waals surface area contributed by atoms with E-state index in [1.165, 1.54) is 5.57 Å². The van der Waals surface area contributed by atoms with E-state index in [-0.39, 0.29) is 11.8 Å². The van der Waals surface area contributed by atoms with Gasteiger partial charge < -0.3 is 59.4 Å². The van der Waals surface area contributed by atoms with Crippen LogP contribution in [0.4, 0.5) is 0 Å². The molecule has 3 aliphatic heterocycles. The van der Waals surface area contributed by atoms with Crippen molar-refractivity contribution in [3.8, 4) is 11.5 Å². The summed E-state index contributed by atoms with van der Waals surface area (Å²) >= 11 is 0. The lowest BCUT2D eigenvalue weighted by molar-refractivity contribution is -0.352. The quantitative estimate of drug-likeness (QED) is 0.143. The Kier molecular flexibility index (Phi) is 10.8. The van der Waals surface area contributed by atoms with Crippen LogP contribution in [0.1, 0.15) is 76.8 Å². The van der Waals surface area contributed by atoms with Gasteiger partial charge in [0.25, 0.3) is 0 Å². The summed E-state index contributed by atoms with van der Waals surface area (Å²) in [6.45, 7) is 7.16. The van der Waals surface area contributed by atoms with Crippen LogP contribution < -0.4 is 9.47 Å². The monoisotopic (exact) mass is 638 g/mol. The molecule has 0 aromatic heterocycles. The van der Waals surface area contributed by atoms with Crippen molar-refractivity contribution in [2.75, 3.05) is 13.2 Å². The highest BCUT2D eigenvalue weighted by Gasteiger charge is 2.52.